The lowest BCUT2D eigenvalue weighted by Gasteiger charge is -2.52. The zero-order valence-electron chi connectivity index (χ0n) is 13.1. The van der Waals surface area contributed by atoms with Crippen molar-refractivity contribution in [1.29, 1.82) is 0 Å². The minimum Gasteiger partial charge on any atom is -0.364 e. The van der Waals surface area contributed by atoms with Crippen LogP contribution in [0.3, 0.4) is 0 Å². The van der Waals surface area contributed by atoms with Gasteiger partial charge in [0.2, 0.25) is 11.8 Å². The van der Waals surface area contributed by atoms with E-state index in [0.717, 1.165) is 5.69 Å². The first-order valence-electron chi connectivity index (χ1n) is 7.85. The molecule has 4 amide bonds. The number of barbiturate groups is 1. The van der Waals surface area contributed by atoms with Gasteiger partial charge in [-0.15, -0.1) is 0 Å². The Bertz CT molecular complexity index is 803. The second kappa shape index (κ2) is 5.24. The Kier molecular flexibility index (Phi) is 3.25. The maximum Gasteiger partial charge on any atom is 0.328 e. The average Bonchev–Trinajstić information content (AvgIpc) is 2.58. The van der Waals surface area contributed by atoms with Gasteiger partial charge in [0.1, 0.15) is 0 Å². The minimum absolute atomic E-state index is 0.00218. The molecule has 0 bridgehead atoms. The van der Waals surface area contributed by atoms with Gasteiger partial charge in [-0.25, -0.2) is 4.79 Å². The van der Waals surface area contributed by atoms with E-state index in [-0.39, 0.29) is 12.1 Å². The molecule has 10 heteroatoms. The summed E-state index contributed by atoms with van der Waals surface area (Å²) < 4.78 is 0. The van der Waals surface area contributed by atoms with Crippen LogP contribution in [0.5, 0.6) is 0 Å². The van der Waals surface area contributed by atoms with Gasteiger partial charge in [0, 0.05) is 43.9 Å². The molecule has 2 saturated heterocycles. The quantitative estimate of drug-likeness (QED) is 0.347. The van der Waals surface area contributed by atoms with Crippen LogP contribution in [0.4, 0.5) is 16.2 Å². The van der Waals surface area contributed by atoms with Gasteiger partial charge in [-0.1, -0.05) is 0 Å². The number of rotatable bonds is 1. The lowest BCUT2D eigenvalue weighted by atomic mass is 9.68. The van der Waals surface area contributed by atoms with E-state index in [2.05, 4.69) is 16.0 Å². The fraction of sp³-hybridized carbons (Fsp3) is 0.400. The second-order valence-electron chi connectivity index (χ2n) is 6.37. The number of hydrogen-bond donors (Lipinski definition) is 3. The van der Waals surface area contributed by atoms with E-state index in [0.29, 0.717) is 25.2 Å². The van der Waals surface area contributed by atoms with Gasteiger partial charge in [0.15, 0.2) is 5.41 Å². The third-order valence-electron chi connectivity index (χ3n) is 5.13. The number of nitro benzene ring substituents is 1. The highest BCUT2D eigenvalue weighted by atomic mass is 16.6. The highest BCUT2D eigenvalue weighted by Crippen LogP contribution is 2.44. The monoisotopic (exact) mass is 345 g/mol. The fourth-order valence-corrected chi connectivity index (χ4v) is 3.99. The molecule has 3 aliphatic heterocycles. The third kappa shape index (κ3) is 2.10. The van der Waals surface area contributed by atoms with Crippen LogP contribution < -0.4 is 20.9 Å². The smallest absolute Gasteiger partial charge is 0.328 e. The average molecular weight is 345 g/mol. The van der Waals surface area contributed by atoms with E-state index in [4.69, 9.17) is 0 Å². The number of carbonyl (C=O) groups excluding carboxylic acids is 3. The number of non-ortho nitro benzene ring substituents is 1. The zero-order chi connectivity index (χ0) is 17.8. The van der Waals surface area contributed by atoms with Crippen LogP contribution in [0, 0.1) is 15.5 Å². The number of fused-ring (bicyclic) bond motifs is 4. The van der Waals surface area contributed by atoms with Gasteiger partial charge < -0.3 is 10.2 Å². The van der Waals surface area contributed by atoms with E-state index < -0.39 is 34.2 Å². The van der Waals surface area contributed by atoms with Gasteiger partial charge in [-0.2, -0.15) is 0 Å². The number of piperazine rings is 1. The molecule has 0 saturated carbocycles. The molecule has 3 heterocycles. The van der Waals surface area contributed by atoms with Crippen molar-refractivity contribution in [1.82, 2.24) is 16.0 Å². The fourth-order valence-electron chi connectivity index (χ4n) is 3.99. The van der Waals surface area contributed by atoms with E-state index in [1.807, 2.05) is 4.90 Å². The molecule has 1 aromatic carbocycles. The first-order chi connectivity index (χ1) is 11.9. The van der Waals surface area contributed by atoms with Crippen molar-refractivity contribution in [3.8, 4) is 0 Å². The topological polar surface area (TPSA) is 134 Å². The molecule has 2 fully saturated rings. The summed E-state index contributed by atoms with van der Waals surface area (Å²) in [6.45, 7) is 1.60. The number of benzene rings is 1. The molecular formula is C15H15N5O5. The number of nitro groups is 1. The normalized spacial score (nSPS) is 24.2. The molecule has 130 valence electrons. The number of carbonyl (C=O) groups is 3. The summed E-state index contributed by atoms with van der Waals surface area (Å²) in [5, 5.41) is 18.6. The number of nitrogens with one attached hydrogen (secondary N) is 3. The van der Waals surface area contributed by atoms with Crippen molar-refractivity contribution >= 4 is 29.2 Å². The Morgan fingerprint density at radius 3 is 2.60 bits per heavy atom. The first-order valence-corrected chi connectivity index (χ1v) is 7.85. The Morgan fingerprint density at radius 1 is 1.20 bits per heavy atom. The summed E-state index contributed by atoms with van der Waals surface area (Å²) in [4.78, 5) is 49.4. The van der Waals surface area contributed by atoms with Gasteiger partial charge in [0.05, 0.1) is 11.0 Å². The summed E-state index contributed by atoms with van der Waals surface area (Å²) in [6.07, 6.45) is -0.00218. The van der Waals surface area contributed by atoms with E-state index in [1.54, 1.807) is 6.07 Å². The molecule has 1 aromatic rings. The number of nitrogens with zero attached hydrogens (tertiary/aromatic N) is 2. The van der Waals surface area contributed by atoms with Crippen LogP contribution in [0.25, 0.3) is 0 Å². The summed E-state index contributed by atoms with van der Waals surface area (Å²) >= 11 is 0. The second-order valence-corrected chi connectivity index (χ2v) is 6.37. The van der Waals surface area contributed by atoms with Gasteiger partial charge >= 0.3 is 6.03 Å². The molecule has 25 heavy (non-hydrogen) atoms. The molecule has 3 aliphatic rings. The molecule has 0 aromatic heterocycles. The van der Waals surface area contributed by atoms with Crippen molar-refractivity contribution in [2.24, 2.45) is 5.41 Å². The van der Waals surface area contributed by atoms with Crippen molar-refractivity contribution < 1.29 is 19.3 Å². The SMILES string of the molecule is O=C1NC(=O)C2(Cc3cc([N+](=O)[O-])ccc3N3CCNCC32)C(=O)N1. The molecule has 1 spiro atoms. The zero-order valence-corrected chi connectivity index (χ0v) is 13.1. The Balaban J connectivity index is 1.88. The van der Waals surface area contributed by atoms with E-state index >= 15 is 0 Å². The van der Waals surface area contributed by atoms with Gasteiger partial charge in [0.25, 0.3) is 5.69 Å². The summed E-state index contributed by atoms with van der Waals surface area (Å²) in [6, 6.07) is 3.14. The molecule has 4 rings (SSSR count). The third-order valence-corrected chi connectivity index (χ3v) is 5.13. The maximum atomic E-state index is 12.7. The first kappa shape index (κ1) is 15.5. The predicted octanol–water partition coefficient (Wildman–Crippen LogP) is -0.718. The van der Waals surface area contributed by atoms with Gasteiger partial charge in [-0.05, 0) is 11.6 Å². The largest absolute Gasteiger partial charge is 0.364 e. The number of hydrogen-bond acceptors (Lipinski definition) is 7. The van der Waals surface area contributed by atoms with E-state index in [1.165, 1.54) is 12.1 Å². The summed E-state index contributed by atoms with van der Waals surface area (Å²) in [7, 11) is 0. The van der Waals surface area contributed by atoms with Crippen LogP contribution in [0.15, 0.2) is 18.2 Å². The highest BCUT2D eigenvalue weighted by Gasteiger charge is 2.60. The van der Waals surface area contributed by atoms with Crippen LogP contribution in [-0.4, -0.2) is 48.4 Å². The van der Waals surface area contributed by atoms with Crippen LogP contribution in [0.1, 0.15) is 5.56 Å². The Hall–Kier alpha value is -3.01. The predicted molar refractivity (Wildman–Crippen MR) is 84.9 cm³/mol. The lowest BCUT2D eigenvalue weighted by molar-refractivity contribution is -0.384. The number of anilines is 1. The Morgan fingerprint density at radius 2 is 1.92 bits per heavy atom. The standard InChI is InChI=1S/C15H15N5O5/c21-12-15(13(22)18-14(23)17-12)6-8-5-9(20(24)25)1-2-10(8)19-4-3-16-7-11(15)19/h1-2,5,11,16H,3-4,6-7H2,(H2,17,18,21,22,23). The highest BCUT2D eigenvalue weighted by molar-refractivity contribution is 6.20. The molecule has 1 unspecified atom stereocenters. The number of imide groups is 2. The van der Waals surface area contributed by atoms with Crippen LogP contribution in [0.2, 0.25) is 0 Å². The molecule has 3 N–H and O–H groups in total. The molecule has 10 nitrogen and oxygen atoms in total. The van der Waals surface area contributed by atoms with Crippen molar-refractivity contribution in [2.45, 2.75) is 12.5 Å². The lowest BCUT2D eigenvalue weighted by Crippen LogP contribution is -2.74. The van der Waals surface area contributed by atoms with Crippen molar-refractivity contribution in [2.75, 3.05) is 24.5 Å². The van der Waals surface area contributed by atoms with E-state index in [9.17, 15) is 24.5 Å². The number of urea groups is 1. The maximum absolute atomic E-state index is 12.7. The Labute approximate surface area is 141 Å². The molecule has 0 aliphatic carbocycles. The van der Waals surface area contributed by atoms with Crippen molar-refractivity contribution in [3.05, 3.63) is 33.9 Å². The number of amides is 4. The molecular weight excluding hydrogens is 330 g/mol. The van der Waals surface area contributed by atoms with Crippen molar-refractivity contribution in [3.63, 3.8) is 0 Å². The molecule has 0 radical (unpaired) electrons. The van der Waals surface area contributed by atoms with Gasteiger partial charge in [-0.3, -0.25) is 30.3 Å². The van der Waals surface area contributed by atoms with Crippen LogP contribution in [-0.2, 0) is 16.0 Å². The molecule has 1 atom stereocenters. The minimum atomic E-state index is -1.51. The summed E-state index contributed by atoms with van der Waals surface area (Å²) in [5.74, 6) is -1.34. The van der Waals surface area contributed by atoms with Crippen LogP contribution >= 0.6 is 0 Å². The summed E-state index contributed by atoms with van der Waals surface area (Å²) in [5.41, 5.74) is -0.286.